The van der Waals surface area contributed by atoms with Gasteiger partial charge in [-0.25, -0.2) is 12.7 Å². The summed E-state index contributed by atoms with van der Waals surface area (Å²) in [5.41, 5.74) is 0.213. The summed E-state index contributed by atoms with van der Waals surface area (Å²) >= 11 is 0. The smallest absolute Gasteiger partial charge is 0.270 e. The Balaban J connectivity index is 2.04. The Morgan fingerprint density at radius 2 is 2.22 bits per heavy atom. The molecule has 2 atom stereocenters. The third kappa shape index (κ3) is 4.40. The predicted octanol–water partition coefficient (Wildman–Crippen LogP) is -0.274. The molecule has 1 aromatic rings. The van der Waals surface area contributed by atoms with E-state index in [2.05, 4.69) is 10.3 Å². The van der Waals surface area contributed by atoms with Gasteiger partial charge in [0.05, 0.1) is 32.1 Å². The summed E-state index contributed by atoms with van der Waals surface area (Å²) < 4.78 is 35.6. The normalized spacial score (nSPS) is 21.4. The minimum Gasteiger partial charge on any atom is -0.497 e. The minimum absolute atomic E-state index is 0.0729. The molecule has 1 aromatic heterocycles. The van der Waals surface area contributed by atoms with Crippen molar-refractivity contribution in [3.63, 3.8) is 0 Å². The fourth-order valence-electron chi connectivity index (χ4n) is 2.25. The van der Waals surface area contributed by atoms with Gasteiger partial charge in [-0.1, -0.05) is 0 Å². The predicted molar refractivity (Wildman–Crippen MR) is 83.8 cm³/mol. The van der Waals surface area contributed by atoms with Crippen LogP contribution in [0.15, 0.2) is 18.3 Å². The van der Waals surface area contributed by atoms with E-state index in [-0.39, 0.29) is 35.9 Å². The number of methoxy groups -OCH3 is 1. The summed E-state index contributed by atoms with van der Waals surface area (Å²) in [5.74, 6) is -0.223. The lowest BCUT2D eigenvalue weighted by atomic mass is 10.1. The maximum Gasteiger partial charge on any atom is 0.270 e. The number of carbonyl (C=O) groups excluding carboxylic acids is 1. The number of rotatable bonds is 6. The zero-order valence-corrected chi connectivity index (χ0v) is 14.2. The third-order valence-electron chi connectivity index (χ3n) is 3.70. The van der Waals surface area contributed by atoms with Crippen LogP contribution in [0.5, 0.6) is 5.75 Å². The molecule has 1 saturated heterocycles. The van der Waals surface area contributed by atoms with Crippen LogP contribution in [0.2, 0.25) is 0 Å². The molecule has 1 aliphatic heterocycles. The summed E-state index contributed by atoms with van der Waals surface area (Å²) in [5, 5.41) is 2.79. The monoisotopic (exact) mass is 343 g/mol. The van der Waals surface area contributed by atoms with Crippen LogP contribution in [0.1, 0.15) is 10.5 Å². The zero-order valence-electron chi connectivity index (χ0n) is 13.4. The summed E-state index contributed by atoms with van der Waals surface area (Å²) in [7, 11) is 1.11. The van der Waals surface area contributed by atoms with Gasteiger partial charge in [0.15, 0.2) is 0 Å². The molecule has 128 valence electrons. The highest BCUT2D eigenvalue weighted by molar-refractivity contribution is 7.89. The molecule has 0 radical (unpaired) electrons. The van der Waals surface area contributed by atoms with Crippen LogP contribution in [0, 0.1) is 5.92 Å². The lowest BCUT2D eigenvalue weighted by molar-refractivity contribution is 0.0920. The molecule has 9 heteroatoms. The number of nitrogens with one attached hydrogen (secondary N) is 1. The second-order valence-electron chi connectivity index (χ2n) is 5.52. The lowest BCUT2D eigenvalue weighted by Gasteiger charge is -2.20. The van der Waals surface area contributed by atoms with E-state index in [4.69, 9.17) is 9.47 Å². The average molecular weight is 343 g/mol. The van der Waals surface area contributed by atoms with Crippen LogP contribution < -0.4 is 10.1 Å². The molecule has 2 rings (SSSR count). The lowest BCUT2D eigenvalue weighted by Crippen LogP contribution is -2.43. The van der Waals surface area contributed by atoms with Gasteiger partial charge in [0.2, 0.25) is 10.0 Å². The molecule has 0 aromatic carbocycles. The van der Waals surface area contributed by atoms with E-state index >= 15 is 0 Å². The van der Waals surface area contributed by atoms with Crippen molar-refractivity contribution in [1.82, 2.24) is 14.6 Å². The Labute approximate surface area is 135 Å². The third-order valence-corrected chi connectivity index (χ3v) is 5.66. The molecule has 0 bridgehead atoms. The molecule has 1 amide bonds. The van der Waals surface area contributed by atoms with Crippen LogP contribution in [-0.4, -0.2) is 69.8 Å². The molecule has 23 heavy (non-hydrogen) atoms. The number of ether oxygens (including phenoxy) is 2. The van der Waals surface area contributed by atoms with Crippen LogP contribution in [0.3, 0.4) is 0 Å². The van der Waals surface area contributed by atoms with E-state index < -0.39 is 10.0 Å². The van der Waals surface area contributed by atoms with Crippen LogP contribution >= 0.6 is 0 Å². The van der Waals surface area contributed by atoms with E-state index in [9.17, 15) is 13.2 Å². The van der Waals surface area contributed by atoms with E-state index in [0.29, 0.717) is 12.4 Å². The first-order chi connectivity index (χ1) is 10.8. The van der Waals surface area contributed by atoms with Gasteiger partial charge in [-0.2, -0.15) is 0 Å². The molecule has 0 aliphatic carbocycles. The Morgan fingerprint density at radius 1 is 1.48 bits per heavy atom. The Kier molecular flexibility index (Phi) is 5.55. The van der Waals surface area contributed by atoms with Gasteiger partial charge in [0, 0.05) is 32.3 Å². The Morgan fingerprint density at radius 3 is 2.87 bits per heavy atom. The SMILES string of the molecule is COc1ccnc(C(=O)N[C@H]2COC[C@H]2CS(=O)(=O)N(C)C)c1. The van der Waals surface area contributed by atoms with Crippen LogP contribution in [-0.2, 0) is 14.8 Å². The quantitative estimate of drug-likeness (QED) is 0.763. The number of amides is 1. The summed E-state index contributed by atoms with van der Waals surface area (Å²) in [6.07, 6.45) is 1.48. The first-order valence-electron chi connectivity index (χ1n) is 7.12. The van der Waals surface area contributed by atoms with Crippen LogP contribution in [0.25, 0.3) is 0 Å². The van der Waals surface area contributed by atoms with Gasteiger partial charge in [-0.3, -0.25) is 9.78 Å². The highest BCUT2D eigenvalue weighted by Gasteiger charge is 2.34. The minimum atomic E-state index is -3.36. The molecular formula is C14H21N3O5S. The Bertz CT molecular complexity index is 662. The van der Waals surface area contributed by atoms with E-state index in [1.54, 1.807) is 6.07 Å². The van der Waals surface area contributed by atoms with Gasteiger partial charge in [0.1, 0.15) is 11.4 Å². The van der Waals surface area contributed by atoms with Gasteiger partial charge in [-0.05, 0) is 6.07 Å². The highest BCUT2D eigenvalue weighted by Crippen LogP contribution is 2.18. The molecule has 0 unspecified atom stereocenters. The zero-order chi connectivity index (χ0) is 17.0. The summed E-state index contributed by atoms with van der Waals surface area (Å²) in [6, 6.07) is 2.80. The largest absolute Gasteiger partial charge is 0.497 e. The molecule has 8 nitrogen and oxygen atoms in total. The summed E-state index contributed by atoms with van der Waals surface area (Å²) in [4.78, 5) is 16.3. The molecule has 1 aliphatic rings. The summed E-state index contributed by atoms with van der Waals surface area (Å²) in [6.45, 7) is 0.576. The number of pyridine rings is 1. The average Bonchev–Trinajstić information content (AvgIpc) is 2.93. The fourth-order valence-corrected chi connectivity index (χ4v) is 3.41. The van der Waals surface area contributed by atoms with Crippen molar-refractivity contribution in [2.24, 2.45) is 5.92 Å². The van der Waals surface area contributed by atoms with Crippen molar-refractivity contribution in [2.75, 3.05) is 40.2 Å². The number of sulfonamides is 1. The number of carbonyl (C=O) groups is 1. The highest BCUT2D eigenvalue weighted by atomic mass is 32.2. The van der Waals surface area contributed by atoms with Gasteiger partial charge < -0.3 is 14.8 Å². The molecule has 0 spiro atoms. The molecular weight excluding hydrogens is 322 g/mol. The number of aromatic nitrogens is 1. The van der Waals surface area contributed by atoms with Gasteiger partial charge in [-0.15, -0.1) is 0 Å². The van der Waals surface area contributed by atoms with Crippen molar-refractivity contribution < 1.29 is 22.7 Å². The number of hydrogen-bond acceptors (Lipinski definition) is 6. The fraction of sp³-hybridized carbons (Fsp3) is 0.571. The van der Waals surface area contributed by atoms with Crippen LogP contribution in [0.4, 0.5) is 0 Å². The van der Waals surface area contributed by atoms with Gasteiger partial charge in [0.25, 0.3) is 5.91 Å². The molecule has 2 heterocycles. The van der Waals surface area contributed by atoms with Gasteiger partial charge >= 0.3 is 0 Å². The maximum atomic E-state index is 12.3. The van der Waals surface area contributed by atoms with E-state index in [1.165, 1.54) is 37.8 Å². The van der Waals surface area contributed by atoms with Crippen molar-refractivity contribution >= 4 is 15.9 Å². The van der Waals surface area contributed by atoms with Crippen molar-refractivity contribution in [1.29, 1.82) is 0 Å². The molecule has 1 N–H and O–H groups in total. The first kappa shape index (κ1) is 17.6. The van der Waals surface area contributed by atoms with Crippen molar-refractivity contribution in [3.05, 3.63) is 24.0 Å². The van der Waals surface area contributed by atoms with E-state index in [1.807, 2.05) is 0 Å². The molecule has 0 saturated carbocycles. The number of nitrogens with zero attached hydrogens (tertiary/aromatic N) is 2. The maximum absolute atomic E-state index is 12.3. The first-order valence-corrected chi connectivity index (χ1v) is 8.73. The van der Waals surface area contributed by atoms with Crippen molar-refractivity contribution in [2.45, 2.75) is 6.04 Å². The second kappa shape index (κ2) is 7.24. The Hall–Kier alpha value is -1.71. The van der Waals surface area contributed by atoms with Crippen molar-refractivity contribution in [3.8, 4) is 5.75 Å². The molecule has 1 fully saturated rings. The van der Waals surface area contributed by atoms with E-state index in [0.717, 1.165) is 0 Å². The number of hydrogen-bond donors (Lipinski definition) is 1. The second-order valence-corrected chi connectivity index (χ2v) is 7.75. The standard InChI is InChI=1S/C14H21N3O5S/c1-17(2)23(19,20)9-10-7-22-8-13(10)16-14(18)12-6-11(21-3)4-5-15-12/h4-6,10,13H,7-9H2,1-3H3,(H,16,18)/t10-,13-/m0/s1. The topological polar surface area (TPSA) is 97.8 Å².